The molecule has 27 heavy (non-hydrogen) atoms. The van der Waals surface area contributed by atoms with E-state index in [2.05, 4.69) is 15.6 Å². The summed E-state index contributed by atoms with van der Waals surface area (Å²) >= 11 is 5.60. The maximum Gasteiger partial charge on any atom is 0.417 e. The second kappa shape index (κ2) is 8.14. The molecule has 1 saturated heterocycles. The van der Waals surface area contributed by atoms with Crippen LogP contribution >= 0.6 is 11.6 Å². The lowest BCUT2D eigenvalue weighted by molar-refractivity contribution is -0.137. The molecule has 0 spiro atoms. The average Bonchev–Trinajstić information content (AvgIpc) is 3.14. The number of hydrogen-bond acceptors (Lipinski definition) is 4. The topological polar surface area (TPSA) is 63.2 Å². The van der Waals surface area contributed by atoms with Gasteiger partial charge in [-0.1, -0.05) is 11.6 Å². The van der Waals surface area contributed by atoms with Crippen LogP contribution in [0.15, 0.2) is 36.5 Å². The summed E-state index contributed by atoms with van der Waals surface area (Å²) < 4.78 is 44.2. The number of pyridine rings is 1. The summed E-state index contributed by atoms with van der Waals surface area (Å²) in [4.78, 5) is 16.2. The van der Waals surface area contributed by atoms with E-state index < -0.39 is 11.7 Å². The monoisotopic (exact) mass is 399 g/mol. The number of nitrogens with zero attached hydrogens (tertiary/aromatic N) is 1. The first-order chi connectivity index (χ1) is 12.8. The van der Waals surface area contributed by atoms with Gasteiger partial charge in [0, 0.05) is 25.0 Å². The van der Waals surface area contributed by atoms with E-state index in [1.54, 1.807) is 6.07 Å². The van der Waals surface area contributed by atoms with Crippen molar-refractivity contribution in [1.82, 2.24) is 10.3 Å². The number of ether oxygens (including phenoxy) is 1. The van der Waals surface area contributed by atoms with Crippen molar-refractivity contribution in [2.45, 2.75) is 25.1 Å². The lowest BCUT2D eigenvalue weighted by Gasteiger charge is -2.13. The number of rotatable bonds is 5. The molecule has 2 aromatic rings. The largest absolute Gasteiger partial charge is 0.417 e. The fourth-order valence-electron chi connectivity index (χ4n) is 2.68. The Labute approximate surface area is 158 Å². The minimum Gasteiger partial charge on any atom is -0.376 e. The van der Waals surface area contributed by atoms with Gasteiger partial charge in [-0.15, -0.1) is 0 Å². The van der Waals surface area contributed by atoms with Crippen molar-refractivity contribution in [3.8, 4) is 0 Å². The highest BCUT2D eigenvalue weighted by atomic mass is 35.5. The first-order valence-electron chi connectivity index (χ1n) is 8.32. The van der Waals surface area contributed by atoms with Gasteiger partial charge >= 0.3 is 6.18 Å². The van der Waals surface area contributed by atoms with Crippen LogP contribution in [0, 0.1) is 0 Å². The highest BCUT2D eigenvalue weighted by Crippen LogP contribution is 2.36. The van der Waals surface area contributed by atoms with E-state index in [0.29, 0.717) is 24.5 Å². The molecule has 5 nitrogen and oxygen atoms in total. The molecule has 0 aliphatic carbocycles. The molecule has 1 aromatic carbocycles. The molecule has 1 fully saturated rings. The van der Waals surface area contributed by atoms with Gasteiger partial charge in [-0.05, 0) is 43.2 Å². The van der Waals surface area contributed by atoms with E-state index in [0.717, 1.165) is 18.9 Å². The van der Waals surface area contributed by atoms with Crippen molar-refractivity contribution in [2.24, 2.45) is 0 Å². The van der Waals surface area contributed by atoms with Crippen LogP contribution < -0.4 is 10.6 Å². The zero-order chi connectivity index (χ0) is 19.4. The van der Waals surface area contributed by atoms with Gasteiger partial charge in [0.1, 0.15) is 5.82 Å². The first kappa shape index (κ1) is 19.4. The Morgan fingerprint density at radius 2 is 2.11 bits per heavy atom. The third-order valence-electron chi connectivity index (χ3n) is 4.08. The summed E-state index contributed by atoms with van der Waals surface area (Å²) in [5.41, 5.74) is -0.389. The summed E-state index contributed by atoms with van der Waals surface area (Å²) in [6.45, 7) is 1.15. The van der Waals surface area contributed by atoms with Gasteiger partial charge in [0.2, 0.25) is 0 Å². The van der Waals surface area contributed by atoms with Gasteiger partial charge < -0.3 is 15.4 Å². The van der Waals surface area contributed by atoms with E-state index in [4.69, 9.17) is 16.3 Å². The minimum absolute atomic E-state index is 0.0376. The van der Waals surface area contributed by atoms with Crippen molar-refractivity contribution in [2.75, 3.05) is 18.5 Å². The van der Waals surface area contributed by atoms with Crippen LogP contribution in [0.25, 0.3) is 0 Å². The van der Waals surface area contributed by atoms with Gasteiger partial charge in [0.15, 0.2) is 0 Å². The Balaban J connectivity index is 1.63. The van der Waals surface area contributed by atoms with E-state index in [1.165, 1.54) is 24.4 Å². The number of amides is 1. The number of carbonyl (C=O) groups is 1. The molecule has 1 atom stereocenters. The summed E-state index contributed by atoms with van der Waals surface area (Å²) in [5.74, 6) is 0.0246. The quantitative estimate of drug-likeness (QED) is 0.782. The second-order valence-corrected chi connectivity index (χ2v) is 6.50. The molecule has 2 N–H and O–H groups in total. The summed E-state index contributed by atoms with van der Waals surface area (Å²) in [6, 6.07) is 6.55. The van der Waals surface area contributed by atoms with Gasteiger partial charge in [0.25, 0.3) is 5.91 Å². The minimum atomic E-state index is -4.55. The third kappa shape index (κ3) is 5.11. The van der Waals surface area contributed by atoms with Crippen LogP contribution in [0.4, 0.5) is 24.7 Å². The maximum absolute atomic E-state index is 12.9. The molecule has 0 radical (unpaired) electrons. The van der Waals surface area contributed by atoms with Crippen LogP contribution in [0.3, 0.4) is 0 Å². The Hall–Kier alpha value is -2.32. The lowest BCUT2D eigenvalue weighted by atomic mass is 10.2. The molecular formula is C18H17ClF3N3O2. The van der Waals surface area contributed by atoms with Crippen LogP contribution in [0.5, 0.6) is 0 Å². The molecule has 0 bridgehead atoms. The average molecular weight is 400 g/mol. The highest BCUT2D eigenvalue weighted by Gasteiger charge is 2.33. The van der Waals surface area contributed by atoms with E-state index in [-0.39, 0.29) is 22.7 Å². The Morgan fingerprint density at radius 3 is 2.74 bits per heavy atom. The van der Waals surface area contributed by atoms with Gasteiger partial charge in [-0.3, -0.25) is 4.79 Å². The zero-order valence-corrected chi connectivity index (χ0v) is 14.9. The fraction of sp³-hybridized carbons (Fsp3) is 0.333. The lowest BCUT2D eigenvalue weighted by Crippen LogP contribution is -2.31. The van der Waals surface area contributed by atoms with Crippen molar-refractivity contribution >= 4 is 29.0 Å². The molecule has 1 aromatic heterocycles. The Kier molecular flexibility index (Phi) is 5.86. The first-order valence-corrected chi connectivity index (χ1v) is 8.70. The zero-order valence-electron chi connectivity index (χ0n) is 14.1. The number of nitrogens with one attached hydrogen (secondary N) is 2. The van der Waals surface area contributed by atoms with E-state index in [9.17, 15) is 18.0 Å². The van der Waals surface area contributed by atoms with Gasteiger partial charge in [-0.25, -0.2) is 4.98 Å². The number of benzene rings is 1. The van der Waals surface area contributed by atoms with E-state index in [1.807, 2.05) is 0 Å². The fourth-order valence-corrected chi connectivity index (χ4v) is 2.91. The predicted octanol–water partition coefficient (Wildman–Crippen LogP) is 4.41. The number of anilines is 2. The second-order valence-electron chi connectivity index (χ2n) is 6.09. The Bertz CT molecular complexity index is 806. The summed E-state index contributed by atoms with van der Waals surface area (Å²) in [6.07, 6.45) is -1.25. The molecule has 1 unspecified atom stereocenters. The number of aromatic nitrogens is 1. The smallest absolute Gasteiger partial charge is 0.376 e. The number of hydrogen-bond donors (Lipinski definition) is 2. The van der Waals surface area contributed by atoms with Crippen LogP contribution in [0.1, 0.15) is 28.8 Å². The van der Waals surface area contributed by atoms with Gasteiger partial charge in [0.05, 0.1) is 22.3 Å². The molecule has 9 heteroatoms. The van der Waals surface area contributed by atoms with Crippen molar-refractivity contribution in [3.05, 3.63) is 52.7 Å². The molecule has 144 valence electrons. The van der Waals surface area contributed by atoms with Gasteiger partial charge in [-0.2, -0.15) is 13.2 Å². The van der Waals surface area contributed by atoms with Crippen molar-refractivity contribution in [1.29, 1.82) is 0 Å². The molecule has 1 aliphatic rings. The molecular weight excluding hydrogens is 383 g/mol. The normalized spacial score (nSPS) is 17.0. The predicted molar refractivity (Wildman–Crippen MR) is 95.3 cm³/mol. The number of halogens is 4. The van der Waals surface area contributed by atoms with Crippen LogP contribution in [0.2, 0.25) is 5.02 Å². The molecule has 1 amide bonds. The number of alkyl halides is 3. The van der Waals surface area contributed by atoms with Crippen LogP contribution in [-0.2, 0) is 10.9 Å². The number of carbonyl (C=O) groups excluding carboxylic acids is 1. The highest BCUT2D eigenvalue weighted by molar-refractivity contribution is 6.31. The molecule has 0 saturated carbocycles. The molecule has 1 aliphatic heterocycles. The summed E-state index contributed by atoms with van der Waals surface area (Å²) in [5, 5.41) is 5.17. The standard InChI is InChI=1S/C18H17ClF3N3O2/c19-15-5-4-12(8-14(15)18(20,21)22)25-16-6-3-11(9-23-16)17(26)24-10-13-2-1-7-27-13/h3-6,8-9,13H,1-2,7,10H2,(H,23,25)(H,24,26). The molecule has 2 heterocycles. The Morgan fingerprint density at radius 1 is 1.30 bits per heavy atom. The van der Waals surface area contributed by atoms with Crippen molar-refractivity contribution in [3.63, 3.8) is 0 Å². The summed E-state index contributed by atoms with van der Waals surface area (Å²) in [7, 11) is 0. The SMILES string of the molecule is O=C(NCC1CCCO1)c1ccc(Nc2ccc(Cl)c(C(F)(F)F)c2)nc1. The van der Waals surface area contributed by atoms with Crippen LogP contribution in [-0.4, -0.2) is 30.1 Å². The van der Waals surface area contributed by atoms with E-state index >= 15 is 0 Å². The van der Waals surface area contributed by atoms with Crippen molar-refractivity contribution < 1.29 is 22.7 Å². The third-order valence-corrected chi connectivity index (χ3v) is 4.41. The maximum atomic E-state index is 12.9. The molecule has 3 rings (SSSR count).